The minimum Gasteiger partial charge on any atom is -0.467 e. The molecular formula is C18H19N3O7S. The summed E-state index contributed by atoms with van der Waals surface area (Å²) in [5.74, 6) is -1.35. The minimum absolute atomic E-state index is 0.0826. The topological polar surface area (TPSA) is 119 Å². The molecule has 1 aromatic rings. The number of carbonyl (C=O) groups is 3. The highest BCUT2D eigenvalue weighted by molar-refractivity contribution is 8.18. The number of carbonyl (C=O) groups excluding carboxylic acids is 3. The van der Waals surface area contributed by atoms with E-state index in [1.807, 2.05) is 4.90 Å². The predicted octanol–water partition coefficient (Wildman–Crippen LogP) is 2.03. The molecule has 0 N–H and O–H groups in total. The third kappa shape index (κ3) is 4.25. The van der Waals surface area contributed by atoms with E-state index in [1.165, 1.54) is 26.2 Å². The first-order chi connectivity index (χ1) is 13.8. The molecule has 0 spiro atoms. The first kappa shape index (κ1) is 20.8. The highest BCUT2D eigenvalue weighted by Crippen LogP contribution is 2.36. The number of morpholine rings is 1. The van der Waals surface area contributed by atoms with Crippen molar-refractivity contribution in [2.75, 3.05) is 38.3 Å². The van der Waals surface area contributed by atoms with Gasteiger partial charge in [-0.2, -0.15) is 0 Å². The summed E-state index contributed by atoms with van der Waals surface area (Å²) in [7, 11) is 1.17. The van der Waals surface area contributed by atoms with Crippen molar-refractivity contribution in [3.05, 3.63) is 38.8 Å². The van der Waals surface area contributed by atoms with E-state index in [-0.39, 0.29) is 10.6 Å². The quantitative estimate of drug-likeness (QED) is 0.304. The average molecular weight is 421 g/mol. The summed E-state index contributed by atoms with van der Waals surface area (Å²) in [5, 5.41) is 11.0. The second-order valence-corrected chi connectivity index (χ2v) is 7.35. The molecule has 11 heteroatoms. The number of rotatable bonds is 5. The molecule has 0 unspecified atom stereocenters. The van der Waals surface area contributed by atoms with Gasteiger partial charge in [0.2, 0.25) is 0 Å². The third-order valence-corrected chi connectivity index (χ3v) is 5.48. The van der Waals surface area contributed by atoms with Gasteiger partial charge in [0.1, 0.15) is 11.7 Å². The van der Waals surface area contributed by atoms with Gasteiger partial charge in [0.05, 0.1) is 30.2 Å². The Morgan fingerprint density at radius 3 is 2.66 bits per heavy atom. The summed E-state index contributed by atoms with van der Waals surface area (Å²) >= 11 is 0.673. The summed E-state index contributed by atoms with van der Waals surface area (Å²) in [5.41, 5.74) is 0.788. The Labute approximate surface area is 170 Å². The number of nitrogens with zero attached hydrogens (tertiary/aromatic N) is 3. The molecule has 0 bridgehead atoms. The van der Waals surface area contributed by atoms with Crippen molar-refractivity contribution in [1.82, 2.24) is 4.90 Å². The Morgan fingerprint density at radius 2 is 2.03 bits per heavy atom. The number of ether oxygens (including phenoxy) is 2. The SMILES string of the molecule is COC(=O)[C@H](C)N1C(=O)S/C(=C/c2ccc(N3CCOCC3)c([N+](=O)[O-])c2)C1=O. The van der Waals surface area contributed by atoms with Crippen LogP contribution in [0.3, 0.4) is 0 Å². The van der Waals surface area contributed by atoms with Crippen LogP contribution in [0.1, 0.15) is 12.5 Å². The van der Waals surface area contributed by atoms with Crippen molar-refractivity contribution in [3.8, 4) is 0 Å². The van der Waals surface area contributed by atoms with Crippen LogP contribution < -0.4 is 4.90 Å². The van der Waals surface area contributed by atoms with E-state index in [2.05, 4.69) is 4.74 Å². The maximum Gasteiger partial charge on any atom is 0.328 e. The fourth-order valence-corrected chi connectivity index (χ4v) is 4.00. The van der Waals surface area contributed by atoms with Crippen molar-refractivity contribution in [2.45, 2.75) is 13.0 Å². The van der Waals surface area contributed by atoms with E-state index in [1.54, 1.807) is 12.1 Å². The van der Waals surface area contributed by atoms with Gasteiger partial charge in [-0.05, 0) is 36.4 Å². The number of thioether (sulfide) groups is 1. The number of esters is 1. The average Bonchev–Trinajstić information content (AvgIpc) is 3.00. The van der Waals surface area contributed by atoms with Gasteiger partial charge in [0.15, 0.2) is 0 Å². The molecular weight excluding hydrogens is 402 g/mol. The molecule has 0 saturated carbocycles. The van der Waals surface area contributed by atoms with E-state index in [4.69, 9.17) is 4.74 Å². The number of methoxy groups -OCH3 is 1. The molecule has 0 aromatic heterocycles. The van der Waals surface area contributed by atoms with Gasteiger partial charge in [0.25, 0.3) is 16.8 Å². The number of imide groups is 1. The Bertz CT molecular complexity index is 895. The lowest BCUT2D eigenvalue weighted by molar-refractivity contribution is -0.384. The summed E-state index contributed by atoms with van der Waals surface area (Å²) in [6, 6.07) is 3.57. The molecule has 2 aliphatic heterocycles. The lowest BCUT2D eigenvalue weighted by Gasteiger charge is -2.28. The molecule has 2 aliphatic rings. The van der Waals surface area contributed by atoms with Crippen LogP contribution in [0.4, 0.5) is 16.2 Å². The molecule has 2 fully saturated rings. The standard InChI is InChI=1S/C18H19N3O7S/c1-11(17(23)27-2)20-16(22)15(29-18(20)24)10-12-3-4-13(14(9-12)21(25)26)19-5-7-28-8-6-19/h3-4,9-11H,5-8H2,1-2H3/b15-10+/t11-/m0/s1. The summed E-state index contributed by atoms with van der Waals surface area (Å²) in [6.45, 7) is 3.47. The van der Waals surface area contributed by atoms with Crippen LogP contribution >= 0.6 is 11.8 Å². The van der Waals surface area contributed by atoms with Gasteiger partial charge in [0, 0.05) is 19.2 Å². The molecule has 154 valence electrons. The normalized spacial score (nSPS) is 19.6. The zero-order chi connectivity index (χ0) is 21.1. The number of anilines is 1. The lowest BCUT2D eigenvalue weighted by Crippen LogP contribution is -2.42. The van der Waals surface area contributed by atoms with Gasteiger partial charge in [-0.1, -0.05) is 6.07 Å². The molecule has 2 saturated heterocycles. The number of benzene rings is 1. The van der Waals surface area contributed by atoms with Crippen molar-refractivity contribution >= 4 is 46.3 Å². The zero-order valence-corrected chi connectivity index (χ0v) is 16.6. The fraction of sp³-hybridized carbons (Fsp3) is 0.389. The van der Waals surface area contributed by atoms with Gasteiger partial charge in [-0.15, -0.1) is 0 Å². The van der Waals surface area contributed by atoms with Crippen LogP contribution in [-0.2, 0) is 19.1 Å². The number of hydrogen-bond donors (Lipinski definition) is 0. The van der Waals surface area contributed by atoms with Gasteiger partial charge >= 0.3 is 5.97 Å². The lowest BCUT2D eigenvalue weighted by atomic mass is 10.1. The fourth-order valence-electron chi connectivity index (χ4n) is 3.09. The summed E-state index contributed by atoms with van der Waals surface area (Å²) in [4.78, 5) is 50.3. The van der Waals surface area contributed by atoms with Crippen LogP contribution in [0.5, 0.6) is 0 Å². The molecule has 10 nitrogen and oxygen atoms in total. The Morgan fingerprint density at radius 1 is 1.34 bits per heavy atom. The maximum atomic E-state index is 12.6. The first-order valence-electron chi connectivity index (χ1n) is 8.79. The van der Waals surface area contributed by atoms with E-state index < -0.39 is 28.1 Å². The van der Waals surface area contributed by atoms with Crippen LogP contribution in [0.2, 0.25) is 0 Å². The molecule has 0 radical (unpaired) electrons. The number of hydrogen-bond acceptors (Lipinski definition) is 9. The van der Waals surface area contributed by atoms with Crippen LogP contribution in [-0.4, -0.2) is 66.4 Å². The van der Waals surface area contributed by atoms with E-state index in [0.717, 1.165) is 4.90 Å². The first-order valence-corrected chi connectivity index (χ1v) is 9.61. The summed E-state index contributed by atoms with van der Waals surface area (Å²) in [6.07, 6.45) is 1.41. The van der Waals surface area contributed by atoms with E-state index >= 15 is 0 Å². The molecule has 1 aromatic carbocycles. The molecule has 2 heterocycles. The smallest absolute Gasteiger partial charge is 0.328 e. The number of nitro groups is 1. The van der Waals surface area contributed by atoms with Crippen LogP contribution in [0.15, 0.2) is 23.1 Å². The van der Waals surface area contributed by atoms with Gasteiger partial charge < -0.3 is 14.4 Å². The monoisotopic (exact) mass is 421 g/mol. The minimum atomic E-state index is -1.06. The van der Waals surface area contributed by atoms with Gasteiger partial charge in [-0.25, -0.2) is 4.79 Å². The van der Waals surface area contributed by atoms with Gasteiger partial charge in [-0.3, -0.25) is 24.6 Å². The molecule has 1 atom stereocenters. The Hall–Kier alpha value is -2.92. The number of nitro benzene ring substituents is 1. The molecule has 0 aliphatic carbocycles. The second kappa shape index (κ2) is 8.62. The predicted molar refractivity (Wildman–Crippen MR) is 105 cm³/mol. The van der Waals surface area contributed by atoms with E-state index in [9.17, 15) is 24.5 Å². The highest BCUT2D eigenvalue weighted by Gasteiger charge is 2.41. The van der Waals surface area contributed by atoms with Crippen molar-refractivity contribution in [1.29, 1.82) is 0 Å². The second-order valence-electron chi connectivity index (χ2n) is 6.36. The zero-order valence-electron chi connectivity index (χ0n) is 15.8. The largest absolute Gasteiger partial charge is 0.467 e. The van der Waals surface area contributed by atoms with Crippen molar-refractivity contribution < 1.29 is 28.8 Å². The number of amides is 2. The molecule has 2 amide bonds. The van der Waals surface area contributed by atoms with Crippen molar-refractivity contribution in [2.24, 2.45) is 0 Å². The third-order valence-electron chi connectivity index (χ3n) is 4.60. The van der Waals surface area contributed by atoms with Crippen molar-refractivity contribution in [3.63, 3.8) is 0 Å². The highest BCUT2D eigenvalue weighted by atomic mass is 32.2. The summed E-state index contributed by atoms with van der Waals surface area (Å²) < 4.78 is 9.86. The van der Waals surface area contributed by atoms with Crippen LogP contribution in [0.25, 0.3) is 6.08 Å². The van der Waals surface area contributed by atoms with Crippen LogP contribution in [0, 0.1) is 10.1 Å². The van der Waals surface area contributed by atoms with E-state index in [0.29, 0.717) is 49.3 Å². The molecule has 3 rings (SSSR count). The maximum absolute atomic E-state index is 12.6. The molecule has 29 heavy (non-hydrogen) atoms. The Balaban J connectivity index is 1.89. The Kier molecular flexibility index (Phi) is 6.18.